The Bertz CT molecular complexity index is 630. The maximum atomic E-state index is 12.2. The fourth-order valence-electron chi connectivity index (χ4n) is 2.94. The van der Waals surface area contributed by atoms with E-state index in [1.165, 1.54) is 6.42 Å². The van der Waals surface area contributed by atoms with Gasteiger partial charge in [-0.1, -0.05) is 25.3 Å². The maximum Gasteiger partial charge on any atom is 0.240 e. The van der Waals surface area contributed by atoms with E-state index in [0.717, 1.165) is 37.2 Å². The van der Waals surface area contributed by atoms with E-state index in [4.69, 9.17) is 5.73 Å². The SMILES string of the molecule is NC1(C(=O)NCCc2nnc3ccccn23)CCCCC1. The van der Waals surface area contributed by atoms with Crippen molar-refractivity contribution >= 4 is 11.6 Å². The molecule has 0 radical (unpaired) electrons. The zero-order valence-electron chi connectivity index (χ0n) is 12.1. The van der Waals surface area contributed by atoms with Crippen LogP contribution in [-0.2, 0) is 11.2 Å². The number of carbonyl (C=O) groups is 1. The van der Waals surface area contributed by atoms with Crippen LogP contribution in [0.2, 0.25) is 0 Å². The van der Waals surface area contributed by atoms with Gasteiger partial charge in [0.1, 0.15) is 5.82 Å². The number of nitrogens with two attached hydrogens (primary N) is 1. The largest absolute Gasteiger partial charge is 0.354 e. The van der Waals surface area contributed by atoms with E-state index in [0.29, 0.717) is 13.0 Å². The molecule has 0 unspecified atom stereocenters. The number of hydrogen-bond donors (Lipinski definition) is 2. The second-order valence-electron chi connectivity index (χ2n) is 5.77. The number of hydrogen-bond acceptors (Lipinski definition) is 4. The fourth-order valence-corrected chi connectivity index (χ4v) is 2.94. The van der Waals surface area contributed by atoms with E-state index >= 15 is 0 Å². The molecular weight excluding hydrogens is 266 g/mol. The summed E-state index contributed by atoms with van der Waals surface area (Å²) in [6.45, 7) is 0.535. The second-order valence-corrected chi connectivity index (χ2v) is 5.77. The first-order valence-corrected chi connectivity index (χ1v) is 7.55. The van der Waals surface area contributed by atoms with E-state index in [1.807, 2.05) is 28.8 Å². The van der Waals surface area contributed by atoms with E-state index in [9.17, 15) is 4.79 Å². The van der Waals surface area contributed by atoms with Crippen molar-refractivity contribution in [3.63, 3.8) is 0 Å². The van der Waals surface area contributed by atoms with Crippen LogP contribution < -0.4 is 11.1 Å². The lowest BCUT2D eigenvalue weighted by Crippen LogP contribution is -2.55. The number of nitrogens with one attached hydrogen (secondary N) is 1. The smallest absolute Gasteiger partial charge is 0.240 e. The number of fused-ring (bicyclic) bond motifs is 1. The monoisotopic (exact) mass is 287 g/mol. The van der Waals surface area contributed by atoms with Crippen molar-refractivity contribution in [1.82, 2.24) is 19.9 Å². The van der Waals surface area contributed by atoms with Gasteiger partial charge in [0.15, 0.2) is 5.65 Å². The molecule has 1 amide bonds. The van der Waals surface area contributed by atoms with Gasteiger partial charge in [-0.25, -0.2) is 0 Å². The topological polar surface area (TPSA) is 85.3 Å². The zero-order chi connectivity index (χ0) is 14.7. The van der Waals surface area contributed by atoms with Gasteiger partial charge in [-0.05, 0) is 25.0 Å². The molecule has 1 aliphatic rings. The molecule has 1 fully saturated rings. The minimum Gasteiger partial charge on any atom is -0.354 e. The second kappa shape index (κ2) is 5.81. The molecule has 1 aliphatic carbocycles. The molecule has 21 heavy (non-hydrogen) atoms. The average molecular weight is 287 g/mol. The van der Waals surface area contributed by atoms with Crippen LogP contribution in [-0.4, -0.2) is 32.6 Å². The highest BCUT2D eigenvalue weighted by atomic mass is 16.2. The third kappa shape index (κ3) is 2.90. The summed E-state index contributed by atoms with van der Waals surface area (Å²) in [5.41, 5.74) is 6.35. The summed E-state index contributed by atoms with van der Waals surface area (Å²) >= 11 is 0. The Hall–Kier alpha value is -1.95. The van der Waals surface area contributed by atoms with Crippen molar-refractivity contribution in [1.29, 1.82) is 0 Å². The predicted octanol–water partition coefficient (Wildman–Crippen LogP) is 1.05. The first-order chi connectivity index (χ1) is 10.2. The molecule has 3 N–H and O–H groups in total. The molecule has 3 rings (SSSR count). The Labute approximate surface area is 123 Å². The summed E-state index contributed by atoms with van der Waals surface area (Å²) in [5.74, 6) is 0.816. The van der Waals surface area contributed by atoms with Crippen LogP contribution in [0.25, 0.3) is 5.65 Å². The highest BCUT2D eigenvalue weighted by Crippen LogP contribution is 2.25. The van der Waals surface area contributed by atoms with Gasteiger partial charge in [0.25, 0.3) is 0 Å². The molecule has 0 atom stereocenters. The van der Waals surface area contributed by atoms with Crippen molar-refractivity contribution in [2.45, 2.75) is 44.1 Å². The molecule has 2 aromatic rings. The molecule has 112 valence electrons. The molecule has 6 heteroatoms. The third-order valence-electron chi connectivity index (χ3n) is 4.22. The lowest BCUT2D eigenvalue weighted by Gasteiger charge is -2.31. The van der Waals surface area contributed by atoms with E-state index < -0.39 is 5.54 Å². The molecule has 6 nitrogen and oxygen atoms in total. The van der Waals surface area contributed by atoms with Crippen LogP contribution in [0.3, 0.4) is 0 Å². The minimum atomic E-state index is -0.675. The first-order valence-electron chi connectivity index (χ1n) is 7.55. The van der Waals surface area contributed by atoms with Crippen LogP contribution in [0.1, 0.15) is 37.9 Å². The molecule has 0 bridgehead atoms. The lowest BCUT2D eigenvalue weighted by atomic mass is 9.82. The number of carbonyl (C=O) groups excluding carboxylic acids is 1. The summed E-state index contributed by atoms with van der Waals surface area (Å²) in [6.07, 6.45) is 7.40. The molecule has 2 heterocycles. The van der Waals surface area contributed by atoms with Crippen molar-refractivity contribution in [2.24, 2.45) is 5.73 Å². The summed E-state index contributed by atoms with van der Waals surface area (Å²) < 4.78 is 1.94. The van der Waals surface area contributed by atoms with Crippen LogP contribution in [0.5, 0.6) is 0 Å². The lowest BCUT2D eigenvalue weighted by molar-refractivity contribution is -0.127. The van der Waals surface area contributed by atoms with Crippen molar-refractivity contribution in [2.75, 3.05) is 6.54 Å². The number of amides is 1. The standard InChI is InChI=1S/C15H21N5O/c16-15(8-3-1-4-9-15)14(21)17-10-7-13-19-18-12-6-2-5-11-20(12)13/h2,5-6,11H,1,3-4,7-10,16H2,(H,17,21). The molecule has 0 aliphatic heterocycles. The summed E-state index contributed by atoms with van der Waals surface area (Å²) in [5, 5.41) is 11.2. The fraction of sp³-hybridized carbons (Fsp3) is 0.533. The Morgan fingerprint density at radius 1 is 1.29 bits per heavy atom. The summed E-state index contributed by atoms with van der Waals surface area (Å²) in [6, 6.07) is 5.78. The number of nitrogens with zero attached hydrogens (tertiary/aromatic N) is 3. The number of aromatic nitrogens is 3. The van der Waals surface area contributed by atoms with E-state index in [1.54, 1.807) is 0 Å². The molecular formula is C15H21N5O. The minimum absolute atomic E-state index is 0.0315. The summed E-state index contributed by atoms with van der Waals surface area (Å²) in [7, 11) is 0. The number of pyridine rings is 1. The van der Waals surface area contributed by atoms with Crippen LogP contribution in [0.15, 0.2) is 24.4 Å². The number of rotatable bonds is 4. The molecule has 0 aromatic carbocycles. The van der Waals surface area contributed by atoms with Crippen LogP contribution in [0.4, 0.5) is 0 Å². The maximum absolute atomic E-state index is 12.2. The average Bonchev–Trinajstić information content (AvgIpc) is 2.91. The Morgan fingerprint density at radius 2 is 2.10 bits per heavy atom. The highest BCUT2D eigenvalue weighted by molar-refractivity contribution is 5.86. The predicted molar refractivity (Wildman–Crippen MR) is 79.7 cm³/mol. The Kier molecular flexibility index (Phi) is 3.88. The van der Waals surface area contributed by atoms with Gasteiger partial charge in [-0.15, -0.1) is 10.2 Å². The van der Waals surface area contributed by atoms with Crippen LogP contribution >= 0.6 is 0 Å². The van der Waals surface area contributed by atoms with Crippen molar-refractivity contribution in [3.8, 4) is 0 Å². The van der Waals surface area contributed by atoms with Gasteiger partial charge in [0, 0.05) is 19.2 Å². The van der Waals surface area contributed by atoms with Gasteiger partial charge in [-0.3, -0.25) is 9.20 Å². The molecule has 1 saturated carbocycles. The van der Waals surface area contributed by atoms with Crippen molar-refractivity contribution < 1.29 is 4.79 Å². The first kappa shape index (κ1) is 14.0. The Balaban J connectivity index is 1.57. The van der Waals surface area contributed by atoms with Gasteiger partial charge >= 0.3 is 0 Å². The van der Waals surface area contributed by atoms with Gasteiger partial charge < -0.3 is 11.1 Å². The highest BCUT2D eigenvalue weighted by Gasteiger charge is 2.34. The Morgan fingerprint density at radius 3 is 2.90 bits per heavy atom. The quantitative estimate of drug-likeness (QED) is 0.880. The van der Waals surface area contributed by atoms with E-state index in [2.05, 4.69) is 15.5 Å². The normalized spacial score (nSPS) is 17.8. The van der Waals surface area contributed by atoms with Crippen LogP contribution in [0, 0.1) is 0 Å². The van der Waals surface area contributed by atoms with Gasteiger partial charge in [-0.2, -0.15) is 0 Å². The molecule has 0 saturated heterocycles. The van der Waals surface area contributed by atoms with Gasteiger partial charge in [0.05, 0.1) is 5.54 Å². The molecule has 0 spiro atoms. The van der Waals surface area contributed by atoms with Gasteiger partial charge in [0.2, 0.25) is 5.91 Å². The van der Waals surface area contributed by atoms with E-state index in [-0.39, 0.29) is 5.91 Å². The third-order valence-corrected chi connectivity index (χ3v) is 4.22. The zero-order valence-corrected chi connectivity index (χ0v) is 12.1. The molecule has 2 aromatic heterocycles. The van der Waals surface area contributed by atoms with Crippen molar-refractivity contribution in [3.05, 3.63) is 30.2 Å². The summed E-state index contributed by atoms with van der Waals surface area (Å²) in [4.78, 5) is 12.2.